The number of amides is 1. The van der Waals surface area contributed by atoms with Gasteiger partial charge >= 0.3 is 0 Å². The van der Waals surface area contributed by atoms with E-state index in [-0.39, 0.29) is 11.8 Å². The number of piperidine rings is 1. The summed E-state index contributed by atoms with van der Waals surface area (Å²) < 4.78 is 8.65. The van der Waals surface area contributed by atoms with Gasteiger partial charge in [-0.05, 0) is 67.9 Å². The molecule has 1 saturated heterocycles. The fraction of sp³-hybridized carbons (Fsp3) is 0.259. The highest BCUT2D eigenvalue weighted by Crippen LogP contribution is 2.28. The molecule has 7 heteroatoms. The van der Waals surface area contributed by atoms with Crippen LogP contribution in [0, 0.1) is 5.92 Å². The fourth-order valence-electron chi connectivity index (χ4n) is 4.66. The minimum atomic E-state index is -0.0795. The smallest absolute Gasteiger partial charge is 0.228 e. The van der Waals surface area contributed by atoms with Crippen molar-refractivity contribution < 1.29 is 9.53 Å². The second-order valence-corrected chi connectivity index (χ2v) is 9.51. The summed E-state index contributed by atoms with van der Waals surface area (Å²) in [5.74, 6) is 1.61. The van der Waals surface area contributed by atoms with E-state index in [1.807, 2.05) is 54.6 Å². The Bertz CT molecular complexity index is 1300. The predicted molar refractivity (Wildman–Crippen MR) is 138 cm³/mol. The first-order chi connectivity index (χ1) is 16.6. The molecule has 6 nitrogen and oxygen atoms in total. The molecule has 1 aliphatic rings. The van der Waals surface area contributed by atoms with Gasteiger partial charge in [0.2, 0.25) is 5.91 Å². The van der Waals surface area contributed by atoms with Crippen LogP contribution in [0.15, 0.2) is 77.3 Å². The Morgan fingerprint density at radius 2 is 1.85 bits per heavy atom. The average Bonchev–Trinajstić information content (AvgIpc) is 3.23. The highest BCUT2D eigenvalue weighted by molar-refractivity contribution is 9.10. The molecule has 1 N–H and O–H groups in total. The monoisotopic (exact) mass is 518 g/mol. The van der Waals surface area contributed by atoms with Gasteiger partial charge < -0.3 is 10.1 Å². The van der Waals surface area contributed by atoms with Gasteiger partial charge in [0, 0.05) is 16.7 Å². The van der Waals surface area contributed by atoms with Crippen LogP contribution in [0.25, 0.3) is 16.7 Å². The molecule has 174 valence electrons. The van der Waals surface area contributed by atoms with Crippen molar-refractivity contribution in [3.8, 4) is 11.4 Å². The summed E-state index contributed by atoms with van der Waals surface area (Å²) in [6.45, 7) is 2.33. The van der Waals surface area contributed by atoms with E-state index in [9.17, 15) is 4.79 Å². The topological polar surface area (TPSA) is 59.4 Å². The summed E-state index contributed by atoms with van der Waals surface area (Å²) in [5, 5.41) is 3.06. The quantitative estimate of drug-likeness (QED) is 0.358. The van der Waals surface area contributed by atoms with E-state index in [2.05, 4.69) is 48.9 Å². The zero-order valence-corrected chi connectivity index (χ0v) is 20.7. The lowest BCUT2D eigenvalue weighted by Gasteiger charge is -2.32. The number of nitrogens with zero attached hydrogens (tertiary/aromatic N) is 3. The molecule has 1 fully saturated rings. The van der Waals surface area contributed by atoms with Crippen molar-refractivity contribution in [3.05, 3.63) is 83.1 Å². The summed E-state index contributed by atoms with van der Waals surface area (Å²) in [6, 6.07) is 24.0. The number of aromatic nitrogens is 2. The normalized spacial score (nSPS) is 16.5. The number of rotatable bonds is 6. The molecule has 0 radical (unpaired) electrons. The van der Waals surface area contributed by atoms with Crippen LogP contribution in [0.4, 0.5) is 5.69 Å². The van der Waals surface area contributed by atoms with Crippen LogP contribution in [0.5, 0.6) is 5.75 Å². The number of imidazole rings is 1. The number of methoxy groups -OCH3 is 1. The van der Waals surface area contributed by atoms with Crippen LogP contribution in [0.1, 0.15) is 18.7 Å². The Morgan fingerprint density at radius 1 is 1.09 bits per heavy atom. The third kappa shape index (κ3) is 4.72. The van der Waals surface area contributed by atoms with E-state index in [1.54, 1.807) is 7.11 Å². The lowest BCUT2D eigenvalue weighted by Crippen LogP contribution is -2.40. The molecule has 0 aliphatic carbocycles. The van der Waals surface area contributed by atoms with Crippen LogP contribution >= 0.6 is 15.9 Å². The van der Waals surface area contributed by atoms with Gasteiger partial charge in [-0.1, -0.05) is 40.2 Å². The minimum absolute atomic E-state index is 0.0376. The first-order valence-corrected chi connectivity index (χ1v) is 12.3. The molecule has 1 atom stereocenters. The Kier molecular flexibility index (Phi) is 6.65. The van der Waals surface area contributed by atoms with Gasteiger partial charge in [-0.15, -0.1) is 0 Å². The molecule has 3 aromatic carbocycles. The maximum Gasteiger partial charge on any atom is 0.228 e. The van der Waals surface area contributed by atoms with Crippen molar-refractivity contribution in [3.63, 3.8) is 0 Å². The Labute approximate surface area is 207 Å². The van der Waals surface area contributed by atoms with Crippen LogP contribution in [-0.2, 0) is 11.3 Å². The molecule has 4 aromatic rings. The lowest BCUT2D eigenvalue weighted by molar-refractivity contribution is -0.121. The number of hydrogen-bond donors (Lipinski definition) is 1. The minimum Gasteiger partial charge on any atom is -0.495 e. The predicted octanol–water partition coefficient (Wildman–Crippen LogP) is 5.65. The summed E-state index contributed by atoms with van der Waals surface area (Å²) in [4.78, 5) is 20.4. The number of likely N-dealkylation sites (tertiary alicyclic amines) is 1. The van der Waals surface area contributed by atoms with Gasteiger partial charge in [-0.3, -0.25) is 14.3 Å². The van der Waals surface area contributed by atoms with Gasteiger partial charge in [0.15, 0.2) is 0 Å². The SMILES string of the molecule is COc1ccccc1NC(=O)[C@H]1CCCN(Cc2nc3ccccc3n2-c2ccc(Br)cc2)C1. The number of benzene rings is 3. The summed E-state index contributed by atoms with van der Waals surface area (Å²) in [7, 11) is 1.62. The zero-order chi connectivity index (χ0) is 23.5. The Morgan fingerprint density at radius 3 is 2.68 bits per heavy atom. The summed E-state index contributed by atoms with van der Waals surface area (Å²) in [5.41, 5.74) is 3.85. The lowest BCUT2D eigenvalue weighted by atomic mass is 9.97. The van der Waals surface area contributed by atoms with Gasteiger partial charge in [0.25, 0.3) is 0 Å². The Balaban J connectivity index is 1.36. The van der Waals surface area contributed by atoms with Gasteiger partial charge in [-0.2, -0.15) is 0 Å². The molecule has 0 spiro atoms. The molecule has 0 bridgehead atoms. The number of carbonyl (C=O) groups is 1. The van der Waals surface area contributed by atoms with Crippen molar-refractivity contribution in [1.82, 2.24) is 14.5 Å². The van der Waals surface area contributed by atoms with Crippen LogP contribution in [0.2, 0.25) is 0 Å². The number of nitrogens with one attached hydrogen (secondary N) is 1. The number of ether oxygens (including phenoxy) is 1. The molecule has 1 amide bonds. The first kappa shape index (κ1) is 22.6. The van der Waals surface area contributed by atoms with Gasteiger partial charge in [-0.25, -0.2) is 4.98 Å². The molecule has 0 unspecified atom stereocenters. The second-order valence-electron chi connectivity index (χ2n) is 8.59. The van der Waals surface area contributed by atoms with E-state index in [0.717, 1.165) is 46.4 Å². The molecule has 1 aliphatic heterocycles. The number of anilines is 1. The highest BCUT2D eigenvalue weighted by atomic mass is 79.9. The Hall–Kier alpha value is -3.16. The maximum atomic E-state index is 13.1. The van der Waals surface area contributed by atoms with E-state index in [4.69, 9.17) is 9.72 Å². The van der Waals surface area contributed by atoms with Crippen LogP contribution in [-0.4, -0.2) is 40.6 Å². The average molecular weight is 519 g/mol. The third-order valence-corrected chi connectivity index (χ3v) is 6.85. The second kappa shape index (κ2) is 9.99. The van der Waals surface area contributed by atoms with E-state index in [1.165, 1.54) is 0 Å². The molecular weight excluding hydrogens is 492 g/mol. The highest BCUT2D eigenvalue weighted by Gasteiger charge is 2.27. The largest absolute Gasteiger partial charge is 0.495 e. The summed E-state index contributed by atoms with van der Waals surface area (Å²) >= 11 is 3.53. The summed E-state index contributed by atoms with van der Waals surface area (Å²) in [6.07, 6.45) is 1.85. The van der Waals surface area contributed by atoms with E-state index >= 15 is 0 Å². The molecular formula is C27H27BrN4O2. The molecule has 34 heavy (non-hydrogen) atoms. The molecule has 0 saturated carbocycles. The molecule has 5 rings (SSSR count). The number of halogens is 1. The van der Waals surface area contributed by atoms with Crippen molar-refractivity contribution in [2.45, 2.75) is 19.4 Å². The fourth-order valence-corrected chi connectivity index (χ4v) is 4.92. The van der Waals surface area contributed by atoms with E-state index < -0.39 is 0 Å². The first-order valence-electron chi connectivity index (χ1n) is 11.5. The van der Waals surface area contributed by atoms with E-state index in [0.29, 0.717) is 24.5 Å². The van der Waals surface area contributed by atoms with Crippen molar-refractivity contribution in [2.75, 3.05) is 25.5 Å². The van der Waals surface area contributed by atoms with Crippen molar-refractivity contribution in [1.29, 1.82) is 0 Å². The maximum absolute atomic E-state index is 13.1. The van der Waals surface area contributed by atoms with Gasteiger partial charge in [0.05, 0.1) is 36.3 Å². The van der Waals surface area contributed by atoms with Crippen molar-refractivity contribution in [2.24, 2.45) is 5.92 Å². The number of hydrogen-bond acceptors (Lipinski definition) is 4. The zero-order valence-electron chi connectivity index (χ0n) is 19.1. The third-order valence-electron chi connectivity index (χ3n) is 6.32. The molecule has 1 aromatic heterocycles. The number of para-hydroxylation sites is 4. The number of fused-ring (bicyclic) bond motifs is 1. The number of carbonyl (C=O) groups excluding carboxylic acids is 1. The van der Waals surface area contributed by atoms with Crippen LogP contribution < -0.4 is 10.1 Å². The van der Waals surface area contributed by atoms with Gasteiger partial charge in [0.1, 0.15) is 11.6 Å². The molecule has 2 heterocycles. The van der Waals surface area contributed by atoms with Crippen molar-refractivity contribution >= 4 is 38.6 Å². The van der Waals surface area contributed by atoms with Crippen LogP contribution in [0.3, 0.4) is 0 Å². The standard InChI is InChI=1S/C27H27BrN4O2/c1-34-25-11-5-3-9-23(25)30-27(33)19-7-6-16-31(17-19)18-26-29-22-8-2-4-10-24(22)32(26)21-14-12-20(28)13-15-21/h2-5,8-15,19H,6-7,16-18H2,1H3,(H,30,33)/t19-/m0/s1.